The molecule has 4 atom stereocenters. The summed E-state index contributed by atoms with van der Waals surface area (Å²) < 4.78 is 134. The number of aryl methyl sites for hydroxylation is 4. The van der Waals surface area contributed by atoms with Crippen LogP contribution in [0.1, 0.15) is 121 Å². The van der Waals surface area contributed by atoms with Gasteiger partial charge in [-0.15, -0.1) is 0 Å². The maximum Gasteiger partial charge on any atom is 0.294 e. The first-order valence-electron chi connectivity index (χ1n) is 18.1. The highest BCUT2D eigenvalue weighted by molar-refractivity contribution is 7.86. The van der Waals surface area contributed by atoms with Gasteiger partial charge in [-0.2, -0.15) is 33.7 Å². The fraction of sp³-hybridized carbons (Fsp3) is 0.400. The minimum atomic E-state index is -4.45. The van der Waals surface area contributed by atoms with E-state index < -0.39 is 40.5 Å². The summed E-state index contributed by atoms with van der Waals surface area (Å²) in [5.41, 5.74) is 5.09. The Balaban J connectivity index is 1.67. The maximum absolute atomic E-state index is 12.0. The Kier molecular flexibility index (Phi) is 14.2. The minimum Gasteiger partial charge on any atom is -0.282 e. The van der Waals surface area contributed by atoms with Crippen LogP contribution in [0.3, 0.4) is 0 Å². The molecule has 0 saturated carbocycles. The van der Waals surface area contributed by atoms with Gasteiger partial charge in [0.05, 0.1) is 19.6 Å². The molecule has 0 spiro atoms. The van der Waals surface area contributed by atoms with Gasteiger partial charge in [0, 0.05) is 0 Å². The van der Waals surface area contributed by atoms with Crippen molar-refractivity contribution >= 4 is 40.5 Å². The van der Waals surface area contributed by atoms with Gasteiger partial charge in [-0.05, 0) is 159 Å². The summed E-state index contributed by atoms with van der Waals surface area (Å²) in [6.45, 7) is 10.5. The Morgan fingerprint density at radius 3 is 0.821 bits per heavy atom. The van der Waals surface area contributed by atoms with E-state index in [-0.39, 0.29) is 43.3 Å². The first-order chi connectivity index (χ1) is 25.8. The monoisotopic (exact) mass is 850 g/mol. The van der Waals surface area contributed by atoms with Gasteiger partial charge in [-0.25, -0.2) is 0 Å². The summed E-state index contributed by atoms with van der Waals surface area (Å²) in [5.74, 6) is -0.238. The van der Waals surface area contributed by atoms with Crippen LogP contribution in [0.15, 0.2) is 92.4 Å². The normalized spacial score (nSPS) is 15.0. The molecule has 16 heteroatoms. The van der Waals surface area contributed by atoms with E-state index >= 15 is 0 Å². The molecule has 0 heterocycles. The second-order valence-electron chi connectivity index (χ2n) is 14.9. The Morgan fingerprint density at radius 1 is 0.375 bits per heavy atom. The summed E-state index contributed by atoms with van der Waals surface area (Å²) in [4.78, 5) is -0.704. The summed E-state index contributed by atoms with van der Waals surface area (Å²) >= 11 is 0. The lowest BCUT2D eigenvalue weighted by atomic mass is 9.80. The molecular weight excluding hydrogens is 801 g/mol. The number of hydrogen-bond donors (Lipinski definition) is 4. The maximum atomic E-state index is 12.0. The van der Waals surface area contributed by atoms with Crippen LogP contribution >= 0.6 is 0 Å². The van der Waals surface area contributed by atoms with Crippen molar-refractivity contribution in [1.29, 1.82) is 0 Å². The summed E-state index contributed by atoms with van der Waals surface area (Å²) in [5, 5.41) is 0. The molecule has 0 radical (unpaired) electrons. The van der Waals surface area contributed by atoms with Crippen molar-refractivity contribution in [1.82, 2.24) is 0 Å². The third-order valence-corrected chi connectivity index (χ3v) is 14.8. The number of rotatable bonds is 17. The van der Waals surface area contributed by atoms with Crippen LogP contribution in [0.25, 0.3) is 0 Å². The van der Waals surface area contributed by atoms with Gasteiger partial charge < -0.3 is 0 Å². The van der Waals surface area contributed by atoms with Gasteiger partial charge in [0.2, 0.25) is 0 Å². The van der Waals surface area contributed by atoms with E-state index in [2.05, 4.69) is 0 Å². The molecular formula is C40H50O12S4. The van der Waals surface area contributed by atoms with Crippen LogP contribution in [0, 0.1) is 27.7 Å². The van der Waals surface area contributed by atoms with Crippen molar-refractivity contribution in [2.75, 3.05) is 0 Å². The first-order valence-corrected chi connectivity index (χ1v) is 23.9. The van der Waals surface area contributed by atoms with Crippen LogP contribution in [0.5, 0.6) is 0 Å². The highest BCUT2D eigenvalue weighted by Gasteiger charge is 2.24. The lowest BCUT2D eigenvalue weighted by Crippen LogP contribution is -2.10. The standard InChI is InChI=1S/C40H50O12S4/c1-25(33-13-17-37(27(3)21-33)53(41,42)43)7-9-31(35-15-19-39(29(5)23-35)55(47,48)49)11-12-32(36-16-20-40(30(6)24-36)56(50,51)52)10-8-26(2)34-14-18-38(28(4)22-34)54(44,45)46/h13-26,31-32H,7-12H2,1-6H3,(H,41,42,43)(H,44,45,46)(H,47,48,49)(H,50,51,52). The lowest BCUT2D eigenvalue weighted by Gasteiger charge is -2.26. The van der Waals surface area contributed by atoms with Crippen LogP contribution in [-0.2, 0) is 40.5 Å². The van der Waals surface area contributed by atoms with Crippen molar-refractivity contribution < 1.29 is 51.9 Å². The Hall–Kier alpha value is -3.48. The zero-order valence-corrected chi connectivity index (χ0v) is 35.4. The molecule has 0 aromatic heterocycles. The summed E-state index contributed by atoms with van der Waals surface area (Å²) in [7, 11) is -17.7. The molecule has 4 rings (SSSR count). The third kappa shape index (κ3) is 11.6. The van der Waals surface area contributed by atoms with Crippen molar-refractivity contribution in [3.8, 4) is 0 Å². The highest BCUT2D eigenvalue weighted by atomic mass is 32.2. The average Bonchev–Trinajstić information content (AvgIpc) is 3.06. The van der Waals surface area contributed by atoms with Crippen molar-refractivity contribution in [3.63, 3.8) is 0 Å². The van der Waals surface area contributed by atoms with E-state index in [0.717, 1.165) is 22.3 Å². The molecule has 306 valence electrons. The topological polar surface area (TPSA) is 217 Å². The predicted molar refractivity (Wildman–Crippen MR) is 214 cm³/mol. The van der Waals surface area contributed by atoms with E-state index in [1.54, 1.807) is 76.2 Å². The zero-order chi connectivity index (χ0) is 42.0. The van der Waals surface area contributed by atoms with E-state index in [4.69, 9.17) is 0 Å². The van der Waals surface area contributed by atoms with E-state index in [1.807, 2.05) is 13.8 Å². The predicted octanol–water partition coefficient (Wildman–Crippen LogP) is 8.72. The van der Waals surface area contributed by atoms with E-state index in [1.165, 1.54) is 24.3 Å². The molecule has 0 bridgehead atoms. The Bertz CT molecular complexity index is 2350. The van der Waals surface area contributed by atoms with Crippen LogP contribution in [0.2, 0.25) is 0 Å². The minimum absolute atomic E-state index is 0.0206. The fourth-order valence-corrected chi connectivity index (χ4v) is 10.4. The van der Waals surface area contributed by atoms with Gasteiger partial charge in [0.25, 0.3) is 40.5 Å². The van der Waals surface area contributed by atoms with Crippen molar-refractivity contribution in [2.45, 2.75) is 123 Å². The molecule has 0 aliphatic rings. The smallest absolute Gasteiger partial charge is 0.282 e. The van der Waals surface area contributed by atoms with Gasteiger partial charge in [-0.1, -0.05) is 62.4 Å². The molecule has 12 nitrogen and oxygen atoms in total. The second-order valence-corrected chi connectivity index (χ2v) is 20.5. The molecule has 0 amide bonds. The number of benzene rings is 4. The second kappa shape index (κ2) is 17.6. The van der Waals surface area contributed by atoms with Crippen LogP contribution in [0.4, 0.5) is 0 Å². The zero-order valence-electron chi connectivity index (χ0n) is 32.2. The number of hydrogen-bond acceptors (Lipinski definition) is 8. The van der Waals surface area contributed by atoms with Gasteiger partial charge in [0.1, 0.15) is 0 Å². The third-order valence-electron chi connectivity index (χ3n) is 10.7. The molecule has 4 aromatic rings. The summed E-state index contributed by atoms with van der Waals surface area (Å²) in [6.07, 6.45) is 3.87. The van der Waals surface area contributed by atoms with Crippen molar-refractivity contribution in [3.05, 3.63) is 117 Å². The molecule has 0 fully saturated rings. The van der Waals surface area contributed by atoms with Crippen molar-refractivity contribution in [2.24, 2.45) is 0 Å². The largest absolute Gasteiger partial charge is 0.294 e. The molecule has 4 unspecified atom stereocenters. The first kappa shape index (κ1) is 45.2. The quantitative estimate of drug-likeness (QED) is 0.0734. The van der Waals surface area contributed by atoms with Gasteiger partial charge in [-0.3, -0.25) is 18.2 Å². The van der Waals surface area contributed by atoms with E-state index in [9.17, 15) is 51.9 Å². The Morgan fingerprint density at radius 2 is 0.589 bits per heavy atom. The molecule has 4 aromatic carbocycles. The molecule has 4 N–H and O–H groups in total. The van der Waals surface area contributed by atoms with E-state index in [0.29, 0.717) is 60.8 Å². The SMILES string of the molecule is Cc1cc(C(C)CCC(CCC(CCC(C)c2ccc(S(=O)(=O)O)c(C)c2)c2ccc(S(=O)(=O)O)c(C)c2)c2ccc(S(=O)(=O)O)c(C)c2)ccc1S(=O)(=O)O. The van der Waals surface area contributed by atoms with Gasteiger partial charge >= 0.3 is 0 Å². The fourth-order valence-electron chi connectivity index (χ4n) is 7.56. The van der Waals surface area contributed by atoms with Crippen LogP contribution in [-0.4, -0.2) is 51.9 Å². The lowest BCUT2D eigenvalue weighted by molar-refractivity contribution is 0.448. The van der Waals surface area contributed by atoms with Crippen LogP contribution < -0.4 is 0 Å². The summed E-state index contributed by atoms with van der Waals surface area (Å²) in [6, 6.07) is 19.3. The highest BCUT2D eigenvalue weighted by Crippen LogP contribution is 2.39. The molecule has 56 heavy (non-hydrogen) atoms. The molecule has 0 saturated heterocycles. The molecule has 0 aliphatic carbocycles. The average molecular weight is 851 g/mol. The Labute approximate surface area is 331 Å². The van der Waals surface area contributed by atoms with Gasteiger partial charge in [0.15, 0.2) is 0 Å². The molecule has 0 aliphatic heterocycles.